The molecule has 4 atom stereocenters. The summed E-state index contributed by atoms with van der Waals surface area (Å²) in [5.74, 6) is 3.00. The standard InChI is InChI=1S/C16H27N3/c1-3-6-17-15(16-10-19(2)11-18-16)9-14-8-12-4-5-13(14)7-12/h10-15,17H,3-9H2,1-2H3. The number of imidazole rings is 1. The van der Waals surface area contributed by atoms with Gasteiger partial charge in [-0.1, -0.05) is 13.3 Å². The normalized spacial score (nSPS) is 30.9. The summed E-state index contributed by atoms with van der Waals surface area (Å²) < 4.78 is 2.07. The average molecular weight is 261 g/mol. The lowest BCUT2D eigenvalue weighted by Crippen LogP contribution is -2.26. The number of aromatic nitrogens is 2. The molecular formula is C16H27N3. The second-order valence-corrected chi connectivity index (χ2v) is 6.64. The van der Waals surface area contributed by atoms with Crippen LogP contribution in [0.4, 0.5) is 0 Å². The minimum absolute atomic E-state index is 0.463. The van der Waals surface area contributed by atoms with Crippen LogP contribution >= 0.6 is 0 Å². The second-order valence-electron chi connectivity index (χ2n) is 6.64. The maximum absolute atomic E-state index is 4.57. The molecule has 2 saturated carbocycles. The topological polar surface area (TPSA) is 29.9 Å². The second kappa shape index (κ2) is 5.66. The van der Waals surface area contributed by atoms with Gasteiger partial charge in [-0.25, -0.2) is 4.98 Å². The van der Waals surface area contributed by atoms with Gasteiger partial charge in [0, 0.05) is 13.2 Å². The van der Waals surface area contributed by atoms with Crippen molar-refractivity contribution in [2.45, 2.75) is 51.5 Å². The first-order chi connectivity index (χ1) is 9.26. The van der Waals surface area contributed by atoms with Crippen molar-refractivity contribution in [1.82, 2.24) is 14.9 Å². The number of rotatable bonds is 6. The van der Waals surface area contributed by atoms with Crippen molar-refractivity contribution in [3.63, 3.8) is 0 Å². The van der Waals surface area contributed by atoms with Gasteiger partial charge in [0.15, 0.2) is 0 Å². The van der Waals surface area contributed by atoms with Crippen LogP contribution in [0.5, 0.6) is 0 Å². The van der Waals surface area contributed by atoms with Crippen molar-refractivity contribution < 1.29 is 0 Å². The van der Waals surface area contributed by atoms with Crippen LogP contribution in [-0.4, -0.2) is 16.1 Å². The van der Waals surface area contributed by atoms with Crippen molar-refractivity contribution in [2.75, 3.05) is 6.54 Å². The molecule has 0 radical (unpaired) electrons. The third-order valence-electron chi connectivity index (χ3n) is 5.15. The monoisotopic (exact) mass is 261 g/mol. The Morgan fingerprint density at radius 2 is 2.32 bits per heavy atom. The van der Waals surface area contributed by atoms with Gasteiger partial charge in [-0.15, -0.1) is 0 Å². The molecule has 0 spiro atoms. The van der Waals surface area contributed by atoms with Gasteiger partial charge in [0.25, 0.3) is 0 Å². The molecule has 0 aromatic carbocycles. The zero-order chi connectivity index (χ0) is 13.2. The summed E-state index contributed by atoms with van der Waals surface area (Å²) in [7, 11) is 2.06. The smallest absolute Gasteiger partial charge is 0.0947 e. The van der Waals surface area contributed by atoms with Crippen LogP contribution in [0.15, 0.2) is 12.5 Å². The summed E-state index contributed by atoms with van der Waals surface area (Å²) in [5, 5.41) is 3.71. The number of aryl methyl sites for hydroxylation is 1. The highest BCUT2D eigenvalue weighted by atomic mass is 15.0. The summed E-state index contributed by atoms with van der Waals surface area (Å²) in [5.41, 5.74) is 1.23. The lowest BCUT2D eigenvalue weighted by Gasteiger charge is -2.26. The van der Waals surface area contributed by atoms with E-state index in [1.165, 1.54) is 44.2 Å². The first-order valence-corrected chi connectivity index (χ1v) is 7.97. The lowest BCUT2D eigenvalue weighted by atomic mass is 9.83. The van der Waals surface area contributed by atoms with E-state index in [2.05, 4.69) is 35.0 Å². The predicted molar refractivity (Wildman–Crippen MR) is 77.8 cm³/mol. The van der Waals surface area contributed by atoms with Crippen LogP contribution < -0.4 is 5.32 Å². The van der Waals surface area contributed by atoms with Crippen LogP contribution in [0.25, 0.3) is 0 Å². The summed E-state index contributed by atoms with van der Waals surface area (Å²) in [6, 6.07) is 0.463. The highest BCUT2D eigenvalue weighted by Gasteiger charge is 2.40. The zero-order valence-corrected chi connectivity index (χ0v) is 12.3. The van der Waals surface area contributed by atoms with Gasteiger partial charge in [0.2, 0.25) is 0 Å². The Labute approximate surface area is 116 Å². The number of nitrogens with one attached hydrogen (secondary N) is 1. The van der Waals surface area contributed by atoms with E-state index in [-0.39, 0.29) is 0 Å². The molecular weight excluding hydrogens is 234 g/mol. The predicted octanol–water partition coefficient (Wildman–Crippen LogP) is 3.29. The van der Waals surface area contributed by atoms with Crippen molar-refractivity contribution in [3.05, 3.63) is 18.2 Å². The average Bonchev–Trinajstić information content (AvgIpc) is 3.10. The van der Waals surface area contributed by atoms with Gasteiger partial charge in [-0.2, -0.15) is 0 Å². The van der Waals surface area contributed by atoms with E-state index in [0.717, 1.165) is 24.3 Å². The zero-order valence-electron chi connectivity index (χ0n) is 12.3. The van der Waals surface area contributed by atoms with E-state index in [0.29, 0.717) is 6.04 Å². The molecule has 106 valence electrons. The van der Waals surface area contributed by atoms with Gasteiger partial charge >= 0.3 is 0 Å². The molecule has 1 heterocycles. The first-order valence-electron chi connectivity index (χ1n) is 7.97. The van der Waals surface area contributed by atoms with Gasteiger partial charge in [-0.05, 0) is 56.4 Å². The molecule has 0 aliphatic heterocycles. The minimum Gasteiger partial charge on any atom is -0.340 e. The van der Waals surface area contributed by atoms with Crippen molar-refractivity contribution in [2.24, 2.45) is 24.8 Å². The highest BCUT2D eigenvalue weighted by Crippen LogP contribution is 2.50. The third kappa shape index (κ3) is 2.86. The van der Waals surface area contributed by atoms with E-state index in [1.54, 1.807) is 0 Å². The molecule has 2 aliphatic rings. The van der Waals surface area contributed by atoms with E-state index in [1.807, 2.05) is 6.33 Å². The van der Waals surface area contributed by atoms with E-state index < -0.39 is 0 Å². The minimum atomic E-state index is 0.463. The maximum Gasteiger partial charge on any atom is 0.0947 e. The summed E-state index contributed by atoms with van der Waals surface area (Å²) in [4.78, 5) is 4.57. The van der Waals surface area contributed by atoms with Crippen LogP contribution in [0.3, 0.4) is 0 Å². The maximum atomic E-state index is 4.57. The van der Waals surface area contributed by atoms with Gasteiger partial charge in [0.05, 0.1) is 18.1 Å². The van der Waals surface area contributed by atoms with Crippen LogP contribution in [-0.2, 0) is 7.05 Å². The van der Waals surface area contributed by atoms with Crippen molar-refractivity contribution in [1.29, 1.82) is 0 Å². The molecule has 0 amide bonds. The highest BCUT2D eigenvalue weighted by molar-refractivity contribution is 5.05. The van der Waals surface area contributed by atoms with Crippen LogP contribution in [0.2, 0.25) is 0 Å². The molecule has 1 aromatic rings. The fourth-order valence-electron chi connectivity index (χ4n) is 4.21. The Hall–Kier alpha value is -0.830. The molecule has 1 aromatic heterocycles. The number of hydrogen-bond acceptors (Lipinski definition) is 2. The van der Waals surface area contributed by atoms with Crippen LogP contribution in [0.1, 0.15) is 57.2 Å². The SMILES string of the molecule is CCCNC(CC1CC2CCC1C2)c1cn(C)cn1. The largest absolute Gasteiger partial charge is 0.340 e. The molecule has 3 nitrogen and oxygen atoms in total. The van der Waals surface area contributed by atoms with Gasteiger partial charge < -0.3 is 9.88 Å². The summed E-state index contributed by atoms with van der Waals surface area (Å²) >= 11 is 0. The molecule has 2 bridgehead atoms. The number of fused-ring (bicyclic) bond motifs is 2. The van der Waals surface area contributed by atoms with E-state index in [4.69, 9.17) is 0 Å². The Balaban J connectivity index is 1.65. The van der Waals surface area contributed by atoms with Crippen LogP contribution in [0, 0.1) is 17.8 Å². The molecule has 3 rings (SSSR count). The first kappa shape index (κ1) is 13.2. The fourth-order valence-corrected chi connectivity index (χ4v) is 4.21. The van der Waals surface area contributed by atoms with E-state index in [9.17, 15) is 0 Å². The van der Waals surface area contributed by atoms with Crippen molar-refractivity contribution in [3.8, 4) is 0 Å². The Morgan fingerprint density at radius 1 is 1.42 bits per heavy atom. The van der Waals surface area contributed by atoms with Gasteiger partial charge in [-0.3, -0.25) is 0 Å². The Morgan fingerprint density at radius 3 is 2.89 bits per heavy atom. The fraction of sp³-hybridized carbons (Fsp3) is 0.812. The molecule has 1 N–H and O–H groups in total. The van der Waals surface area contributed by atoms with Crippen molar-refractivity contribution >= 4 is 0 Å². The quantitative estimate of drug-likeness (QED) is 0.851. The Kier molecular flexibility index (Phi) is 3.92. The van der Waals surface area contributed by atoms with Gasteiger partial charge in [0.1, 0.15) is 0 Å². The summed E-state index contributed by atoms with van der Waals surface area (Å²) in [6.07, 6.45) is 12.6. The van der Waals surface area contributed by atoms with E-state index >= 15 is 0 Å². The molecule has 3 heteroatoms. The molecule has 2 aliphatic carbocycles. The summed E-state index contributed by atoms with van der Waals surface area (Å²) in [6.45, 7) is 3.34. The molecule has 19 heavy (non-hydrogen) atoms. The molecule has 4 unspecified atom stereocenters. The lowest BCUT2D eigenvalue weighted by molar-refractivity contribution is 0.277. The number of nitrogens with zero attached hydrogens (tertiary/aromatic N) is 2. The Bertz CT molecular complexity index is 412. The molecule has 2 fully saturated rings. The third-order valence-corrected chi connectivity index (χ3v) is 5.15. The number of hydrogen-bond donors (Lipinski definition) is 1. The molecule has 0 saturated heterocycles.